The lowest BCUT2D eigenvalue weighted by Crippen LogP contribution is -2.36. The molecule has 2 aromatic carbocycles. The zero-order valence-electron chi connectivity index (χ0n) is 17.2. The molecule has 0 aromatic heterocycles. The average molecular weight is 415 g/mol. The van der Waals surface area contributed by atoms with Gasteiger partial charge in [0.25, 0.3) is 0 Å². The topological polar surface area (TPSA) is 73.8 Å². The molecule has 0 radical (unpaired) electrons. The van der Waals surface area contributed by atoms with E-state index in [2.05, 4.69) is 46.8 Å². The Morgan fingerprint density at radius 1 is 0.897 bits per heavy atom. The van der Waals surface area contributed by atoms with Gasteiger partial charge in [0.2, 0.25) is 10.0 Å². The third kappa shape index (κ3) is 5.81. The number of piperidine rings is 1. The second-order valence-electron chi connectivity index (χ2n) is 7.37. The summed E-state index contributed by atoms with van der Waals surface area (Å²) in [5.74, 6) is 0.704. The molecule has 0 amide bonds. The average Bonchev–Trinajstić information content (AvgIpc) is 2.76. The Morgan fingerprint density at radius 3 is 1.93 bits per heavy atom. The van der Waals surface area contributed by atoms with Crippen molar-refractivity contribution in [2.75, 3.05) is 20.1 Å². The highest BCUT2D eigenvalue weighted by atomic mass is 32.2. The van der Waals surface area contributed by atoms with Crippen molar-refractivity contribution in [1.82, 2.24) is 14.9 Å². The highest BCUT2D eigenvalue weighted by Gasteiger charge is 2.25. The van der Waals surface area contributed by atoms with Crippen molar-refractivity contribution >= 4 is 16.0 Å². The first-order chi connectivity index (χ1) is 14.0. The summed E-state index contributed by atoms with van der Waals surface area (Å²) >= 11 is 0. The maximum absolute atomic E-state index is 12.7. The Hall–Kier alpha value is -2.38. The molecule has 0 spiro atoms. The molecule has 0 atom stereocenters. The lowest BCUT2D eigenvalue weighted by Gasteiger charge is -2.25. The maximum atomic E-state index is 12.7. The molecular weight excluding hydrogens is 384 g/mol. The van der Waals surface area contributed by atoms with Gasteiger partial charge >= 0.3 is 0 Å². The van der Waals surface area contributed by atoms with Crippen LogP contribution < -0.4 is 10.6 Å². The number of sulfonamides is 1. The fraction of sp³-hybridized carbons (Fsp3) is 0.409. The minimum Gasteiger partial charge on any atom is -0.352 e. The molecule has 6 nitrogen and oxygen atoms in total. The van der Waals surface area contributed by atoms with E-state index in [0.29, 0.717) is 37.0 Å². The summed E-state index contributed by atoms with van der Waals surface area (Å²) in [4.78, 5) is 4.61. The van der Waals surface area contributed by atoms with Crippen LogP contribution in [0.2, 0.25) is 0 Å². The third-order valence-electron chi connectivity index (χ3n) is 5.14. The van der Waals surface area contributed by atoms with Gasteiger partial charge in [0.05, 0.1) is 4.90 Å². The molecular formula is C22H30N4O2S. The van der Waals surface area contributed by atoms with Crippen LogP contribution in [0.3, 0.4) is 0 Å². The minimum atomic E-state index is -3.38. The maximum Gasteiger partial charge on any atom is 0.243 e. The number of rotatable bonds is 6. The van der Waals surface area contributed by atoms with Crippen LogP contribution in [0, 0.1) is 6.92 Å². The zero-order valence-corrected chi connectivity index (χ0v) is 18.0. The molecule has 1 aliphatic heterocycles. The molecule has 0 bridgehead atoms. The largest absolute Gasteiger partial charge is 0.352 e. The van der Waals surface area contributed by atoms with Crippen molar-refractivity contribution in [2.45, 2.75) is 44.2 Å². The first kappa shape index (κ1) is 21.3. The molecule has 1 fully saturated rings. The summed E-state index contributed by atoms with van der Waals surface area (Å²) in [5, 5.41) is 6.56. The van der Waals surface area contributed by atoms with Crippen molar-refractivity contribution < 1.29 is 8.42 Å². The predicted molar refractivity (Wildman–Crippen MR) is 117 cm³/mol. The highest BCUT2D eigenvalue weighted by Crippen LogP contribution is 2.20. The number of aliphatic imine (C=N–C) groups is 1. The van der Waals surface area contributed by atoms with Gasteiger partial charge in [0, 0.05) is 33.2 Å². The Bertz CT molecular complexity index is 916. The predicted octanol–water partition coefficient (Wildman–Crippen LogP) is 3.03. The quantitative estimate of drug-likeness (QED) is 0.563. The number of benzene rings is 2. The van der Waals surface area contributed by atoms with Gasteiger partial charge in [0.1, 0.15) is 0 Å². The van der Waals surface area contributed by atoms with Crippen LogP contribution in [0.1, 0.15) is 36.0 Å². The number of hydrogen-bond acceptors (Lipinski definition) is 3. The van der Waals surface area contributed by atoms with Crippen LogP contribution in [0.25, 0.3) is 0 Å². The van der Waals surface area contributed by atoms with Crippen molar-refractivity contribution in [2.24, 2.45) is 4.99 Å². The van der Waals surface area contributed by atoms with Gasteiger partial charge in [-0.2, -0.15) is 4.31 Å². The fourth-order valence-electron chi connectivity index (χ4n) is 3.33. The fourth-order valence-corrected chi connectivity index (χ4v) is 4.85. The summed E-state index contributed by atoms with van der Waals surface area (Å²) < 4.78 is 27.1. The number of nitrogens with one attached hydrogen (secondary N) is 2. The molecule has 0 saturated carbocycles. The monoisotopic (exact) mass is 414 g/mol. The lowest BCUT2D eigenvalue weighted by molar-refractivity contribution is 0.346. The van der Waals surface area contributed by atoms with Crippen LogP contribution >= 0.6 is 0 Å². The molecule has 1 saturated heterocycles. The van der Waals surface area contributed by atoms with E-state index >= 15 is 0 Å². The van der Waals surface area contributed by atoms with Crippen molar-refractivity contribution in [3.05, 3.63) is 65.2 Å². The van der Waals surface area contributed by atoms with Gasteiger partial charge in [0.15, 0.2) is 5.96 Å². The van der Waals surface area contributed by atoms with E-state index in [1.165, 1.54) is 11.1 Å². The van der Waals surface area contributed by atoms with Crippen molar-refractivity contribution in [3.63, 3.8) is 0 Å². The molecule has 0 aliphatic carbocycles. The van der Waals surface area contributed by atoms with E-state index in [9.17, 15) is 8.42 Å². The number of hydrogen-bond donors (Lipinski definition) is 2. The second-order valence-corrected chi connectivity index (χ2v) is 9.31. The number of guanidine groups is 1. The highest BCUT2D eigenvalue weighted by molar-refractivity contribution is 7.89. The van der Waals surface area contributed by atoms with Crippen LogP contribution in [-0.2, 0) is 23.1 Å². The molecule has 7 heteroatoms. The van der Waals surface area contributed by atoms with Gasteiger partial charge in [-0.3, -0.25) is 4.99 Å². The standard InChI is InChI=1S/C22H30N4O2S/c1-18-6-8-19(9-7-18)16-24-22(23-2)25-17-20-10-12-21(13-11-20)29(27,28)26-14-4-3-5-15-26/h6-13H,3-5,14-17H2,1-2H3,(H2,23,24,25). The third-order valence-corrected chi connectivity index (χ3v) is 7.05. The van der Waals surface area contributed by atoms with E-state index in [4.69, 9.17) is 0 Å². The number of nitrogens with zero attached hydrogens (tertiary/aromatic N) is 2. The molecule has 2 N–H and O–H groups in total. The molecule has 29 heavy (non-hydrogen) atoms. The van der Waals surface area contributed by atoms with Crippen LogP contribution in [0.4, 0.5) is 0 Å². The van der Waals surface area contributed by atoms with Gasteiger partial charge < -0.3 is 10.6 Å². The minimum absolute atomic E-state index is 0.366. The Balaban J connectivity index is 1.54. The molecule has 3 rings (SSSR count). The normalized spacial score (nSPS) is 15.9. The van der Waals surface area contributed by atoms with Gasteiger partial charge in [-0.05, 0) is 43.0 Å². The van der Waals surface area contributed by atoms with Gasteiger partial charge in [-0.15, -0.1) is 0 Å². The first-order valence-electron chi connectivity index (χ1n) is 10.1. The molecule has 156 valence electrons. The second kappa shape index (κ2) is 9.89. The molecule has 1 heterocycles. The van der Waals surface area contributed by atoms with E-state index in [1.54, 1.807) is 23.5 Å². The van der Waals surface area contributed by atoms with Crippen molar-refractivity contribution in [1.29, 1.82) is 0 Å². The SMILES string of the molecule is CN=C(NCc1ccc(C)cc1)NCc1ccc(S(=O)(=O)N2CCCCC2)cc1. The van der Waals surface area contributed by atoms with Crippen LogP contribution in [-0.4, -0.2) is 38.8 Å². The summed E-state index contributed by atoms with van der Waals surface area (Å²) in [6.07, 6.45) is 2.99. The van der Waals surface area contributed by atoms with E-state index in [0.717, 1.165) is 24.8 Å². The van der Waals surface area contributed by atoms with Gasteiger partial charge in [-0.25, -0.2) is 8.42 Å². The summed E-state index contributed by atoms with van der Waals surface area (Å²) in [7, 11) is -1.65. The Labute approximate surface area is 174 Å². The van der Waals surface area contributed by atoms with Crippen LogP contribution in [0.5, 0.6) is 0 Å². The van der Waals surface area contributed by atoms with Gasteiger partial charge in [-0.1, -0.05) is 48.4 Å². The summed E-state index contributed by atoms with van der Waals surface area (Å²) in [6.45, 7) is 4.56. The Morgan fingerprint density at radius 2 is 1.41 bits per heavy atom. The summed E-state index contributed by atoms with van der Waals surface area (Å²) in [5.41, 5.74) is 3.42. The zero-order chi connectivity index (χ0) is 20.7. The first-order valence-corrected chi connectivity index (χ1v) is 11.5. The lowest BCUT2D eigenvalue weighted by atomic mass is 10.1. The van der Waals surface area contributed by atoms with Crippen molar-refractivity contribution in [3.8, 4) is 0 Å². The Kier molecular flexibility index (Phi) is 7.28. The van der Waals surface area contributed by atoms with Crippen LogP contribution in [0.15, 0.2) is 58.4 Å². The van der Waals surface area contributed by atoms with E-state index in [-0.39, 0.29) is 0 Å². The summed E-state index contributed by atoms with van der Waals surface area (Å²) in [6, 6.07) is 15.5. The number of aryl methyl sites for hydroxylation is 1. The molecule has 2 aromatic rings. The molecule has 0 unspecified atom stereocenters. The molecule has 1 aliphatic rings. The van der Waals surface area contributed by atoms with E-state index < -0.39 is 10.0 Å². The van der Waals surface area contributed by atoms with E-state index in [1.807, 2.05) is 12.1 Å². The smallest absolute Gasteiger partial charge is 0.243 e.